The van der Waals surface area contributed by atoms with Crippen molar-refractivity contribution >= 4 is 17.7 Å². The first-order valence-electron chi connectivity index (χ1n) is 6.37. The molecule has 1 aromatic rings. The van der Waals surface area contributed by atoms with Crippen molar-refractivity contribution in [1.29, 1.82) is 0 Å². The smallest absolute Gasteiger partial charge is 0.322 e. The van der Waals surface area contributed by atoms with E-state index < -0.39 is 5.97 Å². The molecule has 1 fully saturated rings. The molecule has 19 heavy (non-hydrogen) atoms. The summed E-state index contributed by atoms with van der Waals surface area (Å²) in [5, 5.41) is 11.4. The molecule has 1 atom stereocenters. The fraction of sp³-hybridized carbons (Fsp3) is 0.429. The van der Waals surface area contributed by atoms with Crippen LogP contribution in [-0.4, -0.2) is 29.7 Å². The van der Waals surface area contributed by atoms with Gasteiger partial charge in [0.2, 0.25) is 0 Å². The van der Waals surface area contributed by atoms with E-state index in [0.29, 0.717) is 12.5 Å². The zero-order chi connectivity index (χ0) is 14.0. The number of amides is 2. The Balaban J connectivity index is 2.09. The molecule has 0 aliphatic carbocycles. The maximum Gasteiger partial charge on any atom is 0.322 e. The molecular formula is C14H18N2O3. The first-order valence-corrected chi connectivity index (χ1v) is 6.37. The minimum absolute atomic E-state index is 0.0493. The lowest BCUT2D eigenvalue weighted by Gasteiger charge is -2.15. The summed E-state index contributed by atoms with van der Waals surface area (Å²) in [6.07, 6.45) is -0.0493. The van der Waals surface area contributed by atoms with E-state index in [2.05, 4.69) is 19.2 Å². The van der Waals surface area contributed by atoms with Gasteiger partial charge < -0.3 is 10.4 Å². The van der Waals surface area contributed by atoms with E-state index in [0.717, 1.165) is 5.69 Å². The zero-order valence-corrected chi connectivity index (χ0v) is 11.1. The second-order valence-corrected chi connectivity index (χ2v) is 5.10. The van der Waals surface area contributed by atoms with E-state index in [4.69, 9.17) is 5.11 Å². The van der Waals surface area contributed by atoms with E-state index in [1.807, 2.05) is 24.3 Å². The van der Waals surface area contributed by atoms with E-state index in [9.17, 15) is 9.59 Å². The Kier molecular flexibility index (Phi) is 3.74. The van der Waals surface area contributed by atoms with Crippen LogP contribution in [0.15, 0.2) is 24.3 Å². The summed E-state index contributed by atoms with van der Waals surface area (Å²) in [6, 6.07) is 7.24. The minimum Gasteiger partial charge on any atom is -0.481 e. The van der Waals surface area contributed by atoms with Gasteiger partial charge in [-0.2, -0.15) is 0 Å². The van der Waals surface area contributed by atoms with Crippen molar-refractivity contribution < 1.29 is 14.7 Å². The number of urea groups is 1. The molecule has 1 aliphatic rings. The van der Waals surface area contributed by atoms with Gasteiger partial charge in [-0.1, -0.05) is 26.0 Å². The molecule has 1 aliphatic heterocycles. The van der Waals surface area contributed by atoms with E-state index in [1.54, 1.807) is 4.90 Å². The molecule has 102 valence electrons. The highest BCUT2D eigenvalue weighted by Crippen LogP contribution is 2.22. The zero-order valence-electron chi connectivity index (χ0n) is 11.1. The summed E-state index contributed by atoms with van der Waals surface area (Å²) < 4.78 is 0. The Hall–Kier alpha value is -2.04. The summed E-state index contributed by atoms with van der Waals surface area (Å²) in [5.74, 6) is -0.455. The molecule has 0 spiro atoms. The minimum atomic E-state index is -0.901. The number of carbonyl (C=O) groups is 2. The first kappa shape index (κ1) is 13.4. The number of carboxylic acid groups (broad SMARTS) is 1. The number of rotatable bonds is 4. The highest BCUT2D eigenvalue weighted by atomic mass is 16.4. The molecule has 1 heterocycles. The van der Waals surface area contributed by atoms with Crippen molar-refractivity contribution in [3.63, 3.8) is 0 Å². The summed E-state index contributed by atoms with van der Waals surface area (Å²) >= 11 is 0. The van der Waals surface area contributed by atoms with Crippen LogP contribution in [0.2, 0.25) is 0 Å². The lowest BCUT2D eigenvalue weighted by molar-refractivity contribution is -0.137. The lowest BCUT2D eigenvalue weighted by Crippen LogP contribution is -2.29. The second-order valence-electron chi connectivity index (χ2n) is 5.10. The molecule has 0 bridgehead atoms. The lowest BCUT2D eigenvalue weighted by atomic mass is 10.0. The average molecular weight is 262 g/mol. The van der Waals surface area contributed by atoms with Gasteiger partial charge in [-0.15, -0.1) is 0 Å². The average Bonchev–Trinajstić information content (AvgIpc) is 2.69. The Bertz CT molecular complexity index is 482. The van der Waals surface area contributed by atoms with E-state index in [1.165, 1.54) is 5.56 Å². The van der Waals surface area contributed by atoms with Crippen LogP contribution in [0.4, 0.5) is 10.5 Å². The van der Waals surface area contributed by atoms with Crippen molar-refractivity contribution in [2.24, 2.45) is 0 Å². The second kappa shape index (κ2) is 5.30. The summed E-state index contributed by atoms with van der Waals surface area (Å²) in [5.41, 5.74) is 2.01. The van der Waals surface area contributed by atoms with Gasteiger partial charge in [0.1, 0.15) is 0 Å². The summed E-state index contributed by atoms with van der Waals surface area (Å²) in [4.78, 5) is 24.0. The predicted molar refractivity (Wildman–Crippen MR) is 72.4 cm³/mol. The molecular weight excluding hydrogens is 244 g/mol. The van der Waals surface area contributed by atoms with Crippen LogP contribution in [-0.2, 0) is 4.79 Å². The van der Waals surface area contributed by atoms with Gasteiger partial charge in [0, 0.05) is 12.2 Å². The quantitative estimate of drug-likeness (QED) is 0.873. The van der Waals surface area contributed by atoms with E-state index in [-0.39, 0.29) is 18.5 Å². The number of carbonyl (C=O) groups excluding carboxylic acids is 1. The topological polar surface area (TPSA) is 69.6 Å². The fourth-order valence-electron chi connectivity index (χ4n) is 2.19. The number of hydrogen-bond donors (Lipinski definition) is 2. The normalized spacial score (nSPS) is 18.8. The first-order chi connectivity index (χ1) is 8.97. The largest absolute Gasteiger partial charge is 0.481 e. The fourth-order valence-corrected chi connectivity index (χ4v) is 2.19. The van der Waals surface area contributed by atoms with Crippen molar-refractivity contribution in [3.05, 3.63) is 29.8 Å². The number of hydrogen-bond acceptors (Lipinski definition) is 2. The Labute approximate surface area is 112 Å². The molecule has 2 amide bonds. The third kappa shape index (κ3) is 3.05. The molecule has 0 aromatic heterocycles. The van der Waals surface area contributed by atoms with Crippen molar-refractivity contribution in [2.45, 2.75) is 32.2 Å². The predicted octanol–water partition coefficient (Wildman–Crippen LogP) is 2.18. The molecule has 0 radical (unpaired) electrons. The van der Waals surface area contributed by atoms with Crippen LogP contribution < -0.4 is 10.2 Å². The SMILES string of the molecule is CC(C)c1ccc(N2CC(CC(=O)O)NC2=O)cc1. The van der Waals surface area contributed by atoms with Gasteiger partial charge in [0.25, 0.3) is 0 Å². The van der Waals surface area contributed by atoms with Crippen LogP contribution in [0.1, 0.15) is 31.7 Å². The Morgan fingerprint density at radius 2 is 2.05 bits per heavy atom. The number of nitrogens with zero attached hydrogens (tertiary/aromatic N) is 1. The maximum atomic E-state index is 11.8. The van der Waals surface area contributed by atoms with Crippen LogP contribution in [0.3, 0.4) is 0 Å². The van der Waals surface area contributed by atoms with Crippen molar-refractivity contribution in [2.75, 3.05) is 11.4 Å². The maximum absolute atomic E-state index is 11.8. The standard InChI is InChI=1S/C14H18N2O3/c1-9(2)10-3-5-12(6-4-10)16-8-11(7-13(17)18)15-14(16)19/h3-6,9,11H,7-8H2,1-2H3,(H,15,19)(H,17,18). The van der Waals surface area contributed by atoms with Crippen LogP contribution in [0.5, 0.6) is 0 Å². The highest BCUT2D eigenvalue weighted by Gasteiger charge is 2.30. The van der Waals surface area contributed by atoms with Gasteiger partial charge in [-0.25, -0.2) is 4.79 Å². The Morgan fingerprint density at radius 1 is 1.42 bits per heavy atom. The van der Waals surface area contributed by atoms with Crippen molar-refractivity contribution in [1.82, 2.24) is 5.32 Å². The molecule has 5 nitrogen and oxygen atoms in total. The van der Waals surface area contributed by atoms with Gasteiger partial charge in [0.05, 0.1) is 12.5 Å². The number of nitrogens with one attached hydrogen (secondary N) is 1. The Morgan fingerprint density at radius 3 is 2.58 bits per heavy atom. The number of benzene rings is 1. The molecule has 1 aromatic carbocycles. The van der Waals surface area contributed by atoms with Crippen LogP contribution in [0, 0.1) is 0 Å². The van der Waals surface area contributed by atoms with Crippen molar-refractivity contribution in [3.8, 4) is 0 Å². The molecule has 5 heteroatoms. The molecule has 0 saturated carbocycles. The third-order valence-corrected chi connectivity index (χ3v) is 3.27. The van der Waals surface area contributed by atoms with Gasteiger partial charge in [-0.05, 0) is 23.6 Å². The number of carboxylic acids is 1. The third-order valence-electron chi connectivity index (χ3n) is 3.27. The molecule has 1 unspecified atom stereocenters. The number of aliphatic carboxylic acids is 1. The van der Waals surface area contributed by atoms with Gasteiger partial charge in [0.15, 0.2) is 0 Å². The number of anilines is 1. The van der Waals surface area contributed by atoms with Gasteiger partial charge >= 0.3 is 12.0 Å². The van der Waals surface area contributed by atoms with Gasteiger partial charge in [-0.3, -0.25) is 9.69 Å². The summed E-state index contributed by atoms with van der Waals surface area (Å²) in [7, 11) is 0. The van der Waals surface area contributed by atoms with Crippen LogP contribution >= 0.6 is 0 Å². The highest BCUT2D eigenvalue weighted by molar-refractivity contribution is 5.95. The monoisotopic (exact) mass is 262 g/mol. The molecule has 1 saturated heterocycles. The van der Waals surface area contributed by atoms with Crippen LogP contribution in [0.25, 0.3) is 0 Å². The summed E-state index contributed by atoms with van der Waals surface area (Å²) in [6.45, 7) is 4.62. The molecule has 2 N–H and O–H groups in total. The molecule has 2 rings (SSSR count). The van der Waals surface area contributed by atoms with E-state index >= 15 is 0 Å².